The SMILES string of the molecule is CCN(CC)S(=O)(=O)c1cccc(C(=O)N[C@@H](C)CO)c1. The minimum Gasteiger partial charge on any atom is -0.394 e. The number of aliphatic hydroxyl groups is 1. The topological polar surface area (TPSA) is 86.7 Å². The number of nitrogens with zero attached hydrogens (tertiary/aromatic N) is 1. The first-order valence-corrected chi connectivity index (χ1v) is 8.32. The largest absolute Gasteiger partial charge is 0.394 e. The third-order valence-electron chi connectivity index (χ3n) is 3.09. The van der Waals surface area contributed by atoms with Crippen LogP contribution in [-0.4, -0.2) is 49.5 Å². The van der Waals surface area contributed by atoms with E-state index in [1.165, 1.54) is 22.5 Å². The number of hydrogen-bond donors (Lipinski definition) is 2. The molecule has 1 rings (SSSR count). The Kier molecular flexibility index (Phi) is 6.32. The maximum absolute atomic E-state index is 12.4. The average Bonchev–Trinajstić information content (AvgIpc) is 2.48. The summed E-state index contributed by atoms with van der Waals surface area (Å²) < 4.78 is 26.1. The normalized spacial score (nSPS) is 13.2. The summed E-state index contributed by atoms with van der Waals surface area (Å²) in [6, 6.07) is 5.52. The zero-order valence-corrected chi connectivity index (χ0v) is 13.4. The second-order valence-electron chi connectivity index (χ2n) is 4.67. The highest BCUT2D eigenvalue weighted by atomic mass is 32.2. The molecule has 1 atom stereocenters. The Hall–Kier alpha value is -1.44. The van der Waals surface area contributed by atoms with Crippen LogP contribution in [0.3, 0.4) is 0 Å². The minimum atomic E-state index is -3.59. The molecule has 0 spiro atoms. The van der Waals surface area contributed by atoms with E-state index in [-0.39, 0.29) is 23.1 Å². The predicted octanol–water partition coefficient (Wildman–Crippen LogP) is 0.828. The summed E-state index contributed by atoms with van der Waals surface area (Å²) in [5, 5.41) is 11.5. The molecule has 0 aliphatic carbocycles. The van der Waals surface area contributed by atoms with Gasteiger partial charge in [0.05, 0.1) is 11.5 Å². The summed E-state index contributed by atoms with van der Waals surface area (Å²) in [4.78, 5) is 12.1. The fourth-order valence-electron chi connectivity index (χ4n) is 1.86. The van der Waals surface area contributed by atoms with Crippen molar-refractivity contribution < 1.29 is 18.3 Å². The van der Waals surface area contributed by atoms with E-state index in [2.05, 4.69) is 5.32 Å². The molecular weight excluding hydrogens is 292 g/mol. The number of carbonyl (C=O) groups is 1. The van der Waals surface area contributed by atoms with Crippen LogP contribution in [0.1, 0.15) is 31.1 Å². The second kappa shape index (κ2) is 7.53. The van der Waals surface area contributed by atoms with Crippen molar-refractivity contribution >= 4 is 15.9 Å². The third-order valence-corrected chi connectivity index (χ3v) is 5.14. The van der Waals surface area contributed by atoms with Crippen molar-refractivity contribution in [3.8, 4) is 0 Å². The maximum Gasteiger partial charge on any atom is 0.251 e. The van der Waals surface area contributed by atoms with Crippen LogP contribution >= 0.6 is 0 Å². The molecule has 2 N–H and O–H groups in total. The van der Waals surface area contributed by atoms with Gasteiger partial charge in [-0.05, 0) is 25.1 Å². The predicted molar refractivity (Wildman–Crippen MR) is 80.6 cm³/mol. The quantitative estimate of drug-likeness (QED) is 0.780. The maximum atomic E-state index is 12.4. The van der Waals surface area contributed by atoms with Crippen LogP contribution in [0.4, 0.5) is 0 Å². The molecule has 6 nitrogen and oxygen atoms in total. The molecule has 0 heterocycles. The summed E-state index contributed by atoms with van der Waals surface area (Å²) in [7, 11) is -3.59. The molecule has 0 radical (unpaired) electrons. The highest BCUT2D eigenvalue weighted by molar-refractivity contribution is 7.89. The number of amides is 1. The van der Waals surface area contributed by atoms with Crippen LogP contribution in [0.15, 0.2) is 29.2 Å². The molecule has 1 aromatic rings. The van der Waals surface area contributed by atoms with Crippen LogP contribution < -0.4 is 5.32 Å². The highest BCUT2D eigenvalue weighted by Gasteiger charge is 2.22. The molecule has 7 heteroatoms. The monoisotopic (exact) mass is 314 g/mol. The molecule has 1 aromatic carbocycles. The number of sulfonamides is 1. The number of carbonyl (C=O) groups excluding carboxylic acids is 1. The zero-order valence-electron chi connectivity index (χ0n) is 12.5. The number of nitrogens with one attached hydrogen (secondary N) is 1. The summed E-state index contributed by atoms with van der Waals surface area (Å²) in [6.45, 7) is 5.76. The van der Waals surface area contributed by atoms with E-state index in [0.29, 0.717) is 13.1 Å². The molecule has 0 aliphatic heterocycles. The van der Waals surface area contributed by atoms with Gasteiger partial charge in [0.15, 0.2) is 0 Å². The first-order valence-electron chi connectivity index (χ1n) is 6.88. The summed E-state index contributed by atoms with van der Waals surface area (Å²) in [5.74, 6) is -0.409. The van der Waals surface area contributed by atoms with Gasteiger partial charge in [-0.1, -0.05) is 19.9 Å². The van der Waals surface area contributed by atoms with Crippen LogP contribution in [-0.2, 0) is 10.0 Å². The van der Waals surface area contributed by atoms with E-state index in [4.69, 9.17) is 5.11 Å². The van der Waals surface area contributed by atoms with E-state index < -0.39 is 15.9 Å². The van der Waals surface area contributed by atoms with Crippen LogP contribution in [0.5, 0.6) is 0 Å². The lowest BCUT2D eigenvalue weighted by Crippen LogP contribution is -2.35. The lowest BCUT2D eigenvalue weighted by atomic mass is 10.2. The number of benzene rings is 1. The molecule has 0 saturated carbocycles. The van der Waals surface area contributed by atoms with Gasteiger partial charge in [0, 0.05) is 24.7 Å². The van der Waals surface area contributed by atoms with Gasteiger partial charge in [-0.2, -0.15) is 4.31 Å². The molecule has 0 aromatic heterocycles. The average molecular weight is 314 g/mol. The van der Waals surface area contributed by atoms with Crippen LogP contribution in [0.2, 0.25) is 0 Å². The molecule has 0 fully saturated rings. The molecule has 0 bridgehead atoms. The van der Waals surface area contributed by atoms with Crippen molar-refractivity contribution in [1.29, 1.82) is 0 Å². The molecular formula is C14H22N2O4S. The number of rotatable bonds is 7. The van der Waals surface area contributed by atoms with Gasteiger partial charge in [0.2, 0.25) is 10.0 Å². The standard InChI is InChI=1S/C14H22N2O4S/c1-4-16(5-2)21(19,20)13-8-6-7-12(9-13)14(18)15-11(3)10-17/h6-9,11,17H,4-5,10H2,1-3H3,(H,15,18)/t11-/m0/s1. The van der Waals surface area contributed by atoms with Crippen LogP contribution in [0.25, 0.3) is 0 Å². The lowest BCUT2D eigenvalue weighted by molar-refractivity contribution is 0.0922. The molecule has 1 amide bonds. The van der Waals surface area contributed by atoms with E-state index in [1.54, 1.807) is 26.8 Å². The Morgan fingerprint density at radius 3 is 2.48 bits per heavy atom. The van der Waals surface area contributed by atoms with Crippen molar-refractivity contribution in [2.75, 3.05) is 19.7 Å². The summed E-state index contributed by atoms with van der Waals surface area (Å²) >= 11 is 0. The molecule has 0 unspecified atom stereocenters. The Labute approximate surface area is 125 Å². The van der Waals surface area contributed by atoms with Gasteiger partial charge in [-0.25, -0.2) is 8.42 Å². The number of hydrogen-bond acceptors (Lipinski definition) is 4. The van der Waals surface area contributed by atoms with Crippen molar-refractivity contribution in [3.05, 3.63) is 29.8 Å². The Balaban J connectivity index is 3.08. The Morgan fingerprint density at radius 2 is 1.95 bits per heavy atom. The van der Waals surface area contributed by atoms with Crippen LogP contribution in [0, 0.1) is 0 Å². The molecule has 118 valence electrons. The zero-order chi connectivity index (χ0) is 16.0. The molecule has 0 saturated heterocycles. The van der Waals surface area contributed by atoms with Gasteiger partial charge in [0.1, 0.15) is 0 Å². The highest BCUT2D eigenvalue weighted by Crippen LogP contribution is 2.17. The summed E-state index contributed by atoms with van der Waals surface area (Å²) in [6.07, 6.45) is 0. The Bertz CT molecular complexity index is 582. The van der Waals surface area contributed by atoms with E-state index >= 15 is 0 Å². The van der Waals surface area contributed by atoms with E-state index in [0.717, 1.165) is 0 Å². The van der Waals surface area contributed by atoms with Crippen molar-refractivity contribution in [3.63, 3.8) is 0 Å². The van der Waals surface area contributed by atoms with Gasteiger partial charge in [-0.3, -0.25) is 4.79 Å². The van der Waals surface area contributed by atoms with Crippen molar-refractivity contribution in [1.82, 2.24) is 9.62 Å². The van der Waals surface area contributed by atoms with Gasteiger partial charge >= 0.3 is 0 Å². The smallest absolute Gasteiger partial charge is 0.251 e. The van der Waals surface area contributed by atoms with Crippen molar-refractivity contribution in [2.45, 2.75) is 31.7 Å². The first kappa shape index (κ1) is 17.6. The van der Waals surface area contributed by atoms with E-state index in [1.807, 2.05) is 0 Å². The van der Waals surface area contributed by atoms with Gasteiger partial charge in [0.25, 0.3) is 5.91 Å². The van der Waals surface area contributed by atoms with Crippen molar-refractivity contribution in [2.24, 2.45) is 0 Å². The fourth-order valence-corrected chi connectivity index (χ4v) is 3.37. The summed E-state index contributed by atoms with van der Waals surface area (Å²) in [5.41, 5.74) is 0.253. The van der Waals surface area contributed by atoms with Gasteiger partial charge < -0.3 is 10.4 Å². The Morgan fingerprint density at radius 1 is 1.33 bits per heavy atom. The minimum absolute atomic E-state index is 0.0931. The fraction of sp³-hybridized carbons (Fsp3) is 0.500. The number of aliphatic hydroxyl groups excluding tert-OH is 1. The first-order chi connectivity index (χ1) is 9.86. The molecule has 21 heavy (non-hydrogen) atoms. The third kappa shape index (κ3) is 4.26. The van der Waals surface area contributed by atoms with E-state index in [9.17, 15) is 13.2 Å². The van der Waals surface area contributed by atoms with Gasteiger partial charge in [-0.15, -0.1) is 0 Å². The second-order valence-corrected chi connectivity index (χ2v) is 6.61. The lowest BCUT2D eigenvalue weighted by Gasteiger charge is -2.19. The molecule has 0 aliphatic rings.